The molecule has 1 aliphatic heterocycles. The Hall–Kier alpha value is -3.82. The molecule has 2 aromatic carbocycles. The summed E-state index contributed by atoms with van der Waals surface area (Å²) in [7, 11) is 3.30. The third kappa shape index (κ3) is 4.24. The maximum absolute atomic E-state index is 15.3. The second-order valence-corrected chi connectivity index (χ2v) is 8.77. The molecule has 0 saturated carbocycles. The van der Waals surface area contributed by atoms with Crippen LogP contribution in [0.25, 0.3) is 21.9 Å². The number of rotatable bonds is 5. The van der Waals surface area contributed by atoms with Crippen molar-refractivity contribution < 1.29 is 19.0 Å². The number of aryl methyl sites for hydroxylation is 1. The van der Waals surface area contributed by atoms with Gasteiger partial charge in [0.05, 0.1) is 23.2 Å². The summed E-state index contributed by atoms with van der Waals surface area (Å²) in [6, 6.07) is 12.8. The van der Waals surface area contributed by atoms with Crippen LogP contribution in [-0.2, 0) is 18.4 Å². The quantitative estimate of drug-likeness (QED) is 0.427. The smallest absolute Gasteiger partial charge is 0.341 e. The van der Waals surface area contributed by atoms with Gasteiger partial charge in [-0.3, -0.25) is 4.79 Å². The number of carbonyl (C=O) groups is 1. The molecular formula is C26H25FN4O4. The van der Waals surface area contributed by atoms with Gasteiger partial charge in [-0.05, 0) is 29.3 Å². The summed E-state index contributed by atoms with van der Waals surface area (Å²) in [5.41, 5.74) is 2.55. The van der Waals surface area contributed by atoms with Crippen molar-refractivity contribution in [1.29, 1.82) is 0 Å². The van der Waals surface area contributed by atoms with Crippen LogP contribution in [0.4, 0.5) is 10.1 Å². The first-order valence-corrected chi connectivity index (χ1v) is 11.3. The van der Waals surface area contributed by atoms with Crippen molar-refractivity contribution in [2.24, 2.45) is 7.05 Å². The van der Waals surface area contributed by atoms with Crippen LogP contribution in [0.1, 0.15) is 27.5 Å². The highest BCUT2D eigenvalue weighted by Crippen LogP contribution is 2.30. The summed E-state index contributed by atoms with van der Waals surface area (Å²) < 4.78 is 22.0. The zero-order valence-electron chi connectivity index (χ0n) is 19.4. The molecule has 2 N–H and O–H groups in total. The molecule has 35 heavy (non-hydrogen) atoms. The number of benzene rings is 2. The Balaban J connectivity index is 1.51. The van der Waals surface area contributed by atoms with E-state index in [1.165, 1.54) is 22.9 Å². The van der Waals surface area contributed by atoms with Crippen molar-refractivity contribution in [1.82, 2.24) is 14.9 Å². The molecule has 1 fully saturated rings. The SMILES string of the molecule is COCc1ccc(C2CN(c3cc4nc5c(cc4cc3F)c(=O)c(C(=O)O)cn5C)CCN2)cc1. The Kier molecular flexibility index (Phi) is 5.96. The number of methoxy groups -OCH3 is 1. The van der Waals surface area contributed by atoms with E-state index in [2.05, 4.69) is 22.4 Å². The highest BCUT2D eigenvalue weighted by atomic mass is 19.1. The lowest BCUT2D eigenvalue weighted by atomic mass is 10.0. The molecule has 0 bridgehead atoms. The lowest BCUT2D eigenvalue weighted by molar-refractivity contribution is 0.0695. The maximum Gasteiger partial charge on any atom is 0.341 e. The van der Waals surface area contributed by atoms with Crippen LogP contribution in [0, 0.1) is 5.82 Å². The first kappa shape index (κ1) is 22.9. The molecule has 1 unspecified atom stereocenters. The summed E-state index contributed by atoms with van der Waals surface area (Å²) >= 11 is 0. The van der Waals surface area contributed by atoms with Crippen LogP contribution < -0.4 is 15.6 Å². The molecule has 8 nitrogen and oxygen atoms in total. The lowest BCUT2D eigenvalue weighted by Crippen LogP contribution is -2.46. The summed E-state index contributed by atoms with van der Waals surface area (Å²) in [5.74, 6) is -1.73. The monoisotopic (exact) mass is 476 g/mol. The van der Waals surface area contributed by atoms with E-state index in [-0.39, 0.29) is 17.0 Å². The molecule has 5 rings (SSSR count). The molecule has 4 aromatic rings. The van der Waals surface area contributed by atoms with Gasteiger partial charge >= 0.3 is 5.97 Å². The van der Waals surface area contributed by atoms with Gasteiger partial charge in [-0.1, -0.05) is 24.3 Å². The Bertz CT molecular complexity index is 1500. The predicted octanol–water partition coefficient (Wildman–Crippen LogP) is 3.22. The van der Waals surface area contributed by atoms with Crippen LogP contribution in [0.2, 0.25) is 0 Å². The molecule has 3 heterocycles. The van der Waals surface area contributed by atoms with Crippen LogP contribution >= 0.6 is 0 Å². The van der Waals surface area contributed by atoms with Crippen LogP contribution in [0.15, 0.2) is 53.5 Å². The fraction of sp³-hybridized carbons (Fsp3) is 0.269. The second-order valence-electron chi connectivity index (χ2n) is 8.77. The van der Waals surface area contributed by atoms with E-state index in [1.54, 1.807) is 20.2 Å². The number of halogens is 1. The molecule has 0 aliphatic carbocycles. The topological polar surface area (TPSA) is 96.7 Å². The van der Waals surface area contributed by atoms with E-state index in [0.717, 1.165) is 11.1 Å². The fourth-order valence-electron chi connectivity index (χ4n) is 4.67. The average molecular weight is 477 g/mol. The lowest BCUT2D eigenvalue weighted by Gasteiger charge is -2.36. The van der Waals surface area contributed by atoms with Gasteiger partial charge in [-0.2, -0.15) is 0 Å². The number of nitrogens with zero attached hydrogens (tertiary/aromatic N) is 3. The fourth-order valence-corrected chi connectivity index (χ4v) is 4.67. The summed E-state index contributed by atoms with van der Waals surface area (Å²) in [4.78, 5) is 30.6. The minimum Gasteiger partial charge on any atom is -0.477 e. The standard InChI is InChI=1S/C26H25FN4O4/c1-30-12-19(26(33)34)24(32)18-9-17-10-20(27)23(11-21(17)29-25(18)30)31-8-7-28-22(13-31)16-5-3-15(4-6-16)14-35-2/h3-6,9-12,22,28H,7-8,13-14H2,1-2H3,(H,33,34). The number of pyridine rings is 2. The molecule has 1 saturated heterocycles. The van der Waals surface area contributed by atoms with E-state index in [4.69, 9.17) is 4.74 Å². The number of carboxylic acid groups (broad SMARTS) is 1. The number of nitrogens with one attached hydrogen (secondary N) is 1. The zero-order chi connectivity index (χ0) is 24.7. The predicted molar refractivity (Wildman–Crippen MR) is 132 cm³/mol. The first-order chi connectivity index (χ1) is 16.9. The number of aromatic nitrogens is 2. The van der Waals surface area contributed by atoms with Gasteiger partial charge in [0, 0.05) is 51.4 Å². The van der Waals surface area contributed by atoms with Crippen molar-refractivity contribution in [3.63, 3.8) is 0 Å². The average Bonchev–Trinajstić information content (AvgIpc) is 2.85. The number of carboxylic acids is 1. The molecule has 180 valence electrons. The third-order valence-corrected chi connectivity index (χ3v) is 6.45. The normalized spacial score (nSPS) is 16.2. The van der Waals surface area contributed by atoms with Crippen molar-refractivity contribution in [2.75, 3.05) is 31.6 Å². The Labute approximate surface area is 200 Å². The minimum atomic E-state index is -1.31. The Morgan fingerprint density at radius 1 is 1.26 bits per heavy atom. The van der Waals surface area contributed by atoms with Gasteiger partial charge in [0.15, 0.2) is 0 Å². The van der Waals surface area contributed by atoms with Crippen LogP contribution in [-0.4, -0.2) is 47.4 Å². The number of hydrogen-bond donors (Lipinski definition) is 2. The summed E-state index contributed by atoms with van der Waals surface area (Å²) in [5, 5.41) is 13.4. The molecule has 0 amide bonds. The largest absolute Gasteiger partial charge is 0.477 e. The van der Waals surface area contributed by atoms with Gasteiger partial charge < -0.3 is 24.6 Å². The zero-order valence-corrected chi connectivity index (χ0v) is 19.4. The van der Waals surface area contributed by atoms with Gasteiger partial charge in [0.25, 0.3) is 0 Å². The van der Waals surface area contributed by atoms with Crippen molar-refractivity contribution in [3.8, 4) is 0 Å². The molecule has 0 spiro atoms. The Morgan fingerprint density at radius 3 is 2.74 bits per heavy atom. The second kappa shape index (κ2) is 9.09. The first-order valence-electron chi connectivity index (χ1n) is 11.3. The van der Waals surface area contributed by atoms with Gasteiger partial charge in [0.1, 0.15) is 17.0 Å². The number of piperazine rings is 1. The molecule has 0 radical (unpaired) electrons. The number of fused-ring (bicyclic) bond motifs is 2. The molecule has 2 aromatic heterocycles. The minimum absolute atomic E-state index is 0.0373. The van der Waals surface area contributed by atoms with Crippen molar-refractivity contribution in [2.45, 2.75) is 12.6 Å². The van der Waals surface area contributed by atoms with Crippen LogP contribution in [0.5, 0.6) is 0 Å². The Morgan fingerprint density at radius 2 is 2.03 bits per heavy atom. The van der Waals surface area contributed by atoms with Gasteiger partial charge in [0.2, 0.25) is 5.43 Å². The molecule has 9 heteroatoms. The summed E-state index contributed by atoms with van der Waals surface area (Å²) in [6.07, 6.45) is 1.26. The summed E-state index contributed by atoms with van der Waals surface area (Å²) in [6.45, 7) is 2.46. The number of hydrogen-bond acceptors (Lipinski definition) is 6. The number of aromatic carboxylic acids is 1. The van der Waals surface area contributed by atoms with E-state index in [1.807, 2.05) is 17.0 Å². The van der Waals surface area contributed by atoms with Crippen molar-refractivity contribution in [3.05, 3.63) is 81.4 Å². The van der Waals surface area contributed by atoms with Gasteiger partial charge in [-0.15, -0.1) is 0 Å². The van der Waals surface area contributed by atoms with E-state index in [0.29, 0.717) is 48.5 Å². The van der Waals surface area contributed by atoms with E-state index < -0.39 is 17.2 Å². The van der Waals surface area contributed by atoms with Gasteiger partial charge in [-0.25, -0.2) is 14.2 Å². The van der Waals surface area contributed by atoms with Crippen molar-refractivity contribution >= 4 is 33.6 Å². The molecule has 1 atom stereocenters. The highest BCUT2D eigenvalue weighted by molar-refractivity contribution is 5.96. The van der Waals surface area contributed by atoms with E-state index in [9.17, 15) is 14.7 Å². The third-order valence-electron chi connectivity index (χ3n) is 6.45. The number of anilines is 1. The van der Waals surface area contributed by atoms with E-state index >= 15 is 4.39 Å². The maximum atomic E-state index is 15.3. The van der Waals surface area contributed by atoms with Crippen LogP contribution in [0.3, 0.4) is 0 Å². The number of ether oxygens (including phenoxy) is 1. The molecule has 1 aliphatic rings. The molecular weight excluding hydrogens is 451 g/mol. The highest BCUT2D eigenvalue weighted by Gasteiger charge is 2.24.